The van der Waals surface area contributed by atoms with Crippen molar-refractivity contribution in [3.05, 3.63) is 70.5 Å². The van der Waals surface area contributed by atoms with Crippen LogP contribution in [0.25, 0.3) is 28.0 Å². The molecule has 0 fully saturated rings. The molecule has 0 N–H and O–H groups in total. The van der Waals surface area contributed by atoms with Crippen LogP contribution >= 0.6 is 11.8 Å². The van der Waals surface area contributed by atoms with Gasteiger partial charge in [0.2, 0.25) is 0 Å². The molecule has 8 nitrogen and oxygen atoms in total. The smallest absolute Gasteiger partial charge is 0.270 e. The summed E-state index contributed by atoms with van der Waals surface area (Å²) in [6.07, 6.45) is 5.55. The topological polar surface area (TPSA) is 95.5 Å². The molecule has 182 valence electrons. The Labute approximate surface area is 210 Å². The van der Waals surface area contributed by atoms with E-state index >= 15 is 0 Å². The largest absolute Gasteiger partial charge is 0.413 e. The third kappa shape index (κ3) is 5.14. The maximum atomic E-state index is 11.4. The number of hydrogen-bond acceptors (Lipinski definition) is 7. The number of benzene rings is 1. The second-order valence-corrected chi connectivity index (χ2v) is 15.5. The molecule has 0 radical (unpaired) electrons. The lowest BCUT2D eigenvalue weighted by Crippen LogP contribution is -2.40. The molecule has 1 aromatic carbocycles. The Kier molecular flexibility index (Phi) is 6.81. The Morgan fingerprint density at radius 2 is 1.94 bits per heavy atom. The summed E-state index contributed by atoms with van der Waals surface area (Å²) < 4.78 is 8.24. The van der Waals surface area contributed by atoms with E-state index in [-0.39, 0.29) is 10.7 Å². The summed E-state index contributed by atoms with van der Waals surface area (Å²) in [5.74, 6) is 0. The first-order valence-electron chi connectivity index (χ1n) is 11.3. The third-order valence-corrected chi connectivity index (χ3v) is 11.5. The van der Waals surface area contributed by atoms with Crippen molar-refractivity contribution in [3.8, 4) is 22.5 Å². The highest BCUT2D eigenvalue weighted by atomic mass is 32.2. The highest BCUT2D eigenvalue weighted by molar-refractivity contribution is 7.98. The molecule has 0 spiro atoms. The van der Waals surface area contributed by atoms with Crippen LogP contribution in [0.15, 0.2) is 60.0 Å². The van der Waals surface area contributed by atoms with E-state index in [0.717, 1.165) is 16.6 Å². The van der Waals surface area contributed by atoms with Crippen LogP contribution in [-0.2, 0) is 11.0 Å². The molecule has 0 saturated carbocycles. The van der Waals surface area contributed by atoms with Crippen LogP contribution in [0.1, 0.15) is 26.3 Å². The van der Waals surface area contributed by atoms with Gasteiger partial charge >= 0.3 is 0 Å². The number of nitrogens with zero attached hydrogens (tertiary/aromatic N) is 5. The summed E-state index contributed by atoms with van der Waals surface area (Å²) in [5, 5.41) is 17.0. The monoisotopic (exact) mass is 507 g/mol. The van der Waals surface area contributed by atoms with E-state index in [2.05, 4.69) is 44.9 Å². The van der Waals surface area contributed by atoms with Gasteiger partial charge in [0.1, 0.15) is 5.69 Å². The van der Waals surface area contributed by atoms with Crippen molar-refractivity contribution in [1.29, 1.82) is 0 Å². The first-order chi connectivity index (χ1) is 16.5. The fraction of sp³-hybridized carbons (Fsp3) is 0.320. The van der Waals surface area contributed by atoms with Gasteiger partial charge in [0, 0.05) is 30.1 Å². The molecule has 0 aliphatic heterocycles. The van der Waals surface area contributed by atoms with Gasteiger partial charge in [0.25, 0.3) is 5.69 Å². The van der Waals surface area contributed by atoms with Crippen molar-refractivity contribution < 1.29 is 9.35 Å². The quantitative estimate of drug-likeness (QED) is 0.0913. The lowest BCUT2D eigenvalue weighted by molar-refractivity contribution is -0.384. The average Bonchev–Trinajstić information content (AvgIpc) is 3.21. The first kappa shape index (κ1) is 25.0. The molecule has 35 heavy (non-hydrogen) atoms. The zero-order valence-corrected chi connectivity index (χ0v) is 22.6. The van der Waals surface area contributed by atoms with Gasteiger partial charge in [-0.1, -0.05) is 44.7 Å². The van der Waals surface area contributed by atoms with Gasteiger partial charge in [-0.25, -0.2) is 14.5 Å². The maximum absolute atomic E-state index is 11.4. The van der Waals surface area contributed by atoms with Crippen molar-refractivity contribution in [2.45, 2.75) is 50.7 Å². The molecule has 0 unspecified atom stereocenters. The fourth-order valence-corrected chi connectivity index (χ4v) is 4.78. The minimum absolute atomic E-state index is 0.0152. The van der Waals surface area contributed by atoms with Crippen molar-refractivity contribution >= 4 is 31.3 Å². The molecular formula is C25H29N5O3SSi. The maximum Gasteiger partial charge on any atom is 0.270 e. The van der Waals surface area contributed by atoms with Gasteiger partial charge in [-0.2, -0.15) is 5.10 Å². The zero-order valence-electron chi connectivity index (χ0n) is 20.8. The third-order valence-electron chi connectivity index (χ3n) is 6.51. The zero-order chi connectivity index (χ0) is 25.4. The molecule has 4 rings (SSSR count). The number of fused-ring (bicyclic) bond motifs is 1. The van der Waals surface area contributed by atoms with Crippen LogP contribution in [0.2, 0.25) is 18.1 Å². The van der Waals surface area contributed by atoms with Gasteiger partial charge < -0.3 is 4.43 Å². The summed E-state index contributed by atoms with van der Waals surface area (Å²) >= 11 is 1.46. The number of nitro benzene ring substituents is 1. The number of rotatable bonds is 7. The van der Waals surface area contributed by atoms with E-state index < -0.39 is 13.2 Å². The second kappa shape index (κ2) is 9.52. The van der Waals surface area contributed by atoms with Gasteiger partial charge in [0.15, 0.2) is 13.5 Å². The summed E-state index contributed by atoms with van der Waals surface area (Å²) in [4.78, 5) is 20.0. The van der Waals surface area contributed by atoms with E-state index in [9.17, 15) is 10.1 Å². The Bertz CT molecular complexity index is 1400. The Balaban J connectivity index is 1.87. The van der Waals surface area contributed by atoms with Crippen LogP contribution in [0.4, 0.5) is 5.69 Å². The Hall–Kier alpha value is -3.08. The highest BCUT2D eigenvalue weighted by Gasteiger charge is 2.37. The molecule has 0 aliphatic carbocycles. The van der Waals surface area contributed by atoms with Gasteiger partial charge in [-0.05, 0) is 48.2 Å². The number of thioether (sulfide) groups is 1. The van der Waals surface area contributed by atoms with Crippen LogP contribution in [-0.4, -0.2) is 39.1 Å². The minimum atomic E-state index is -1.92. The summed E-state index contributed by atoms with van der Waals surface area (Å²) in [6.45, 7) is 11.6. The van der Waals surface area contributed by atoms with Crippen molar-refractivity contribution in [2.24, 2.45) is 0 Å². The Morgan fingerprint density at radius 1 is 1.17 bits per heavy atom. The highest BCUT2D eigenvalue weighted by Crippen LogP contribution is 2.38. The molecule has 3 heterocycles. The van der Waals surface area contributed by atoms with Gasteiger partial charge in [-0.3, -0.25) is 10.1 Å². The minimum Gasteiger partial charge on any atom is -0.413 e. The summed E-state index contributed by atoms with van der Waals surface area (Å²) in [5.41, 5.74) is 4.70. The van der Waals surface area contributed by atoms with E-state index in [0.29, 0.717) is 28.7 Å². The number of nitro groups is 1. The van der Waals surface area contributed by atoms with Crippen molar-refractivity contribution in [3.63, 3.8) is 0 Å². The average molecular weight is 508 g/mol. The number of pyridine rings is 1. The van der Waals surface area contributed by atoms with Crippen LogP contribution in [0.3, 0.4) is 0 Å². The Morgan fingerprint density at radius 3 is 2.63 bits per heavy atom. The molecule has 0 saturated heterocycles. The predicted octanol–water partition coefficient (Wildman–Crippen LogP) is 6.61. The van der Waals surface area contributed by atoms with Crippen LogP contribution < -0.4 is 0 Å². The van der Waals surface area contributed by atoms with Crippen molar-refractivity contribution in [2.75, 3.05) is 6.26 Å². The summed E-state index contributed by atoms with van der Waals surface area (Å²) in [7, 11) is -1.92. The molecule has 3 aromatic heterocycles. The molecule has 0 aliphatic rings. The SMILES string of the molecule is CSc1nccc(-c2c(-c3cccc([N+](=O)[O-])c3)nn3ccc(CO[Si](C)(C)C(C)(C)C)cc23)n1. The van der Waals surface area contributed by atoms with E-state index in [4.69, 9.17) is 14.5 Å². The number of hydrogen-bond donors (Lipinski definition) is 0. The molecule has 0 bridgehead atoms. The molecular weight excluding hydrogens is 478 g/mol. The molecule has 4 aromatic rings. The summed E-state index contributed by atoms with van der Waals surface area (Å²) in [6, 6.07) is 12.4. The normalized spacial score (nSPS) is 12.3. The second-order valence-electron chi connectivity index (χ2n) is 9.87. The number of aromatic nitrogens is 4. The molecule has 0 atom stereocenters. The van der Waals surface area contributed by atoms with Crippen molar-refractivity contribution in [1.82, 2.24) is 19.6 Å². The first-order valence-corrected chi connectivity index (χ1v) is 15.4. The van der Waals surface area contributed by atoms with Crippen LogP contribution in [0, 0.1) is 10.1 Å². The standard InChI is InChI=1S/C25H29N5O3SSi/c1-25(2,3)35(5,6)33-16-17-11-13-29-21(14-17)22(20-10-12-26-24(27-20)34-4)23(28-29)18-8-7-9-19(15-18)30(31)32/h7-15H,16H2,1-6H3. The van der Waals surface area contributed by atoms with E-state index in [1.54, 1.807) is 22.8 Å². The van der Waals surface area contributed by atoms with Gasteiger partial charge in [-0.15, -0.1) is 0 Å². The fourth-order valence-electron chi connectivity index (χ4n) is 3.46. The number of non-ortho nitro benzene ring substituents is 1. The van der Waals surface area contributed by atoms with E-state index in [1.165, 1.54) is 17.8 Å². The molecule has 0 amide bonds. The van der Waals surface area contributed by atoms with Crippen LogP contribution in [0.5, 0.6) is 0 Å². The lowest BCUT2D eigenvalue weighted by Gasteiger charge is -2.36. The van der Waals surface area contributed by atoms with Gasteiger partial charge in [0.05, 0.1) is 28.3 Å². The van der Waals surface area contributed by atoms with E-state index in [1.807, 2.05) is 30.7 Å². The predicted molar refractivity (Wildman–Crippen MR) is 142 cm³/mol. The lowest BCUT2D eigenvalue weighted by atomic mass is 10.0. The molecule has 10 heteroatoms.